The highest BCUT2D eigenvalue weighted by molar-refractivity contribution is 7.97. The summed E-state index contributed by atoms with van der Waals surface area (Å²) in [6, 6.07) is 10.4. The molecule has 10 nitrogen and oxygen atoms in total. The van der Waals surface area contributed by atoms with Crippen molar-refractivity contribution >= 4 is 42.0 Å². The van der Waals surface area contributed by atoms with Crippen LogP contribution in [0.15, 0.2) is 35.4 Å². The Morgan fingerprint density at radius 3 is 2.47 bits per heavy atom. The number of likely N-dealkylation sites (tertiary alicyclic amines) is 1. The van der Waals surface area contributed by atoms with Crippen molar-refractivity contribution in [2.45, 2.75) is 63.0 Å². The zero-order chi connectivity index (χ0) is 27.9. The maximum atomic E-state index is 12.7. The van der Waals surface area contributed by atoms with Gasteiger partial charge in [0.1, 0.15) is 5.60 Å². The molecule has 2 amide bonds. The molecule has 0 unspecified atom stereocenters. The van der Waals surface area contributed by atoms with Gasteiger partial charge in [-0.3, -0.25) is 13.8 Å². The Morgan fingerprint density at radius 2 is 1.92 bits per heavy atom. The van der Waals surface area contributed by atoms with Crippen LogP contribution in [0.1, 0.15) is 51.3 Å². The van der Waals surface area contributed by atoms with E-state index in [9.17, 15) is 14.9 Å². The lowest BCUT2D eigenvalue weighted by Gasteiger charge is -2.41. The number of carbonyl (C=O) groups excluding carboxylic acids is 2. The van der Waals surface area contributed by atoms with E-state index in [1.165, 1.54) is 0 Å². The number of hydrogen-bond acceptors (Lipinski definition) is 8. The summed E-state index contributed by atoms with van der Waals surface area (Å²) in [4.78, 5) is 26.3. The Balaban J connectivity index is 1.93. The number of rotatable bonds is 9. The minimum atomic E-state index is -0.620. The van der Waals surface area contributed by atoms with Gasteiger partial charge in [-0.25, -0.2) is 4.79 Å². The number of amides is 2. The van der Waals surface area contributed by atoms with Gasteiger partial charge in [-0.15, -0.1) is 0 Å². The van der Waals surface area contributed by atoms with Gasteiger partial charge in [-0.05, 0) is 96.9 Å². The first-order valence-electron chi connectivity index (χ1n) is 12.5. The van der Waals surface area contributed by atoms with Crippen molar-refractivity contribution < 1.29 is 14.3 Å². The second-order valence-electron chi connectivity index (χ2n) is 10.5. The molecule has 2 aromatic rings. The fourth-order valence-corrected chi connectivity index (χ4v) is 5.02. The molecule has 2 N–H and O–H groups in total. The van der Waals surface area contributed by atoms with E-state index in [0.717, 1.165) is 21.8 Å². The lowest BCUT2D eigenvalue weighted by atomic mass is 9.84. The fraction of sp³-hybridized carbons (Fsp3) is 0.481. The lowest BCUT2D eigenvalue weighted by Crippen LogP contribution is -2.49. The van der Waals surface area contributed by atoms with Crippen LogP contribution in [-0.2, 0) is 15.1 Å². The molecule has 0 atom stereocenters. The summed E-state index contributed by atoms with van der Waals surface area (Å²) in [5, 5.41) is 20.7. The molecule has 0 spiro atoms. The average molecular weight is 540 g/mol. The number of nitrogens with zero attached hydrogens (tertiary/aromatic N) is 5. The largest absolute Gasteiger partial charge is 0.444 e. The summed E-state index contributed by atoms with van der Waals surface area (Å²) in [7, 11) is 3.99. The van der Waals surface area contributed by atoms with Crippen molar-refractivity contribution in [1.29, 1.82) is 5.26 Å². The summed E-state index contributed by atoms with van der Waals surface area (Å²) < 4.78 is 9.47. The van der Waals surface area contributed by atoms with E-state index >= 15 is 0 Å². The highest BCUT2D eigenvalue weighted by Gasteiger charge is 2.41. The molecule has 0 radical (unpaired) electrons. The van der Waals surface area contributed by atoms with E-state index in [0.29, 0.717) is 38.2 Å². The predicted octanol–water partition coefficient (Wildman–Crippen LogP) is 4.86. The van der Waals surface area contributed by atoms with Crippen LogP contribution in [0.2, 0.25) is 0 Å². The molecule has 1 saturated heterocycles. The van der Waals surface area contributed by atoms with Crippen molar-refractivity contribution in [3.8, 4) is 6.07 Å². The van der Waals surface area contributed by atoms with Gasteiger partial charge in [0.05, 0.1) is 23.7 Å². The molecular weight excluding hydrogens is 502 g/mol. The average Bonchev–Trinajstić information content (AvgIpc) is 3.15. The van der Waals surface area contributed by atoms with Crippen LogP contribution < -0.4 is 10.6 Å². The van der Waals surface area contributed by atoms with Crippen LogP contribution in [-0.4, -0.2) is 64.3 Å². The second-order valence-corrected chi connectivity index (χ2v) is 11.9. The van der Waals surface area contributed by atoms with Crippen LogP contribution in [0.4, 0.5) is 16.3 Å². The number of aromatic nitrogens is 2. The SMILES string of the molecule is Cc1c(Nc2ccc(SN(C)C)cc2)nn(C2(CC#N)CCN(C(=O)OC(C)(C)C)CC2)c1/C=C\NC=O. The summed E-state index contributed by atoms with van der Waals surface area (Å²) in [5.74, 6) is 0.663. The van der Waals surface area contributed by atoms with Crippen LogP contribution >= 0.6 is 11.9 Å². The van der Waals surface area contributed by atoms with Crippen molar-refractivity contribution in [1.82, 2.24) is 24.3 Å². The number of nitrogens with one attached hydrogen (secondary N) is 2. The molecule has 3 rings (SSSR count). The molecule has 1 aliphatic rings. The highest BCUT2D eigenvalue weighted by Crippen LogP contribution is 2.38. The molecule has 1 aromatic heterocycles. The number of hydrogen-bond donors (Lipinski definition) is 2. The van der Waals surface area contributed by atoms with Crippen LogP contribution in [0.25, 0.3) is 6.08 Å². The van der Waals surface area contributed by atoms with Crippen molar-refractivity contribution in [2.75, 3.05) is 32.5 Å². The summed E-state index contributed by atoms with van der Waals surface area (Å²) in [6.07, 6.45) is 4.90. The van der Waals surface area contributed by atoms with Crippen LogP contribution in [0.3, 0.4) is 0 Å². The number of ether oxygens (including phenoxy) is 1. The van der Waals surface area contributed by atoms with Crippen LogP contribution in [0.5, 0.6) is 0 Å². The minimum absolute atomic E-state index is 0.230. The van der Waals surface area contributed by atoms with Crippen molar-refractivity contribution in [3.63, 3.8) is 0 Å². The number of carbonyl (C=O) groups is 2. The molecule has 1 aliphatic heterocycles. The zero-order valence-electron chi connectivity index (χ0n) is 22.9. The molecule has 2 heterocycles. The third-order valence-electron chi connectivity index (χ3n) is 6.18. The lowest BCUT2D eigenvalue weighted by molar-refractivity contribution is -0.108. The van der Waals surface area contributed by atoms with Gasteiger partial charge in [0.2, 0.25) is 6.41 Å². The van der Waals surface area contributed by atoms with E-state index in [2.05, 4.69) is 16.7 Å². The molecule has 0 saturated carbocycles. The fourth-order valence-electron chi connectivity index (χ4n) is 4.34. The smallest absolute Gasteiger partial charge is 0.410 e. The molecule has 0 bridgehead atoms. The van der Waals surface area contributed by atoms with E-state index in [-0.39, 0.29) is 12.5 Å². The van der Waals surface area contributed by atoms with E-state index in [1.807, 2.05) is 75.0 Å². The normalized spacial score (nSPS) is 15.4. The van der Waals surface area contributed by atoms with E-state index in [1.54, 1.807) is 29.1 Å². The van der Waals surface area contributed by atoms with Gasteiger partial charge >= 0.3 is 6.09 Å². The van der Waals surface area contributed by atoms with Crippen LogP contribution in [0, 0.1) is 18.3 Å². The summed E-state index contributed by atoms with van der Waals surface area (Å²) >= 11 is 1.64. The Morgan fingerprint density at radius 1 is 1.26 bits per heavy atom. The van der Waals surface area contributed by atoms with Gasteiger partial charge in [0.25, 0.3) is 0 Å². The summed E-state index contributed by atoms with van der Waals surface area (Å²) in [5.41, 5.74) is 1.35. The van der Waals surface area contributed by atoms with Gasteiger partial charge in [0.15, 0.2) is 5.82 Å². The first kappa shape index (κ1) is 29.1. The Hall–Kier alpha value is -3.49. The van der Waals surface area contributed by atoms with Gasteiger partial charge < -0.3 is 20.3 Å². The Labute approximate surface area is 229 Å². The summed E-state index contributed by atoms with van der Waals surface area (Å²) in [6.45, 7) is 8.38. The highest BCUT2D eigenvalue weighted by atomic mass is 32.2. The molecule has 11 heteroatoms. The molecule has 1 aromatic carbocycles. The number of piperidine rings is 1. The van der Waals surface area contributed by atoms with Gasteiger partial charge in [-0.2, -0.15) is 10.4 Å². The second kappa shape index (κ2) is 12.4. The molecule has 1 fully saturated rings. The van der Waals surface area contributed by atoms with Crippen molar-refractivity contribution in [2.24, 2.45) is 0 Å². The maximum absolute atomic E-state index is 12.7. The third-order valence-corrected chi connectivity index (χ3v) is 7.03. The quantitative estimate of drug-likeness (QED) is 0.343. The predicted molar refractivity (Wildman–Crippen MR) is 150 cm³/mol. The van der Waals surface area contributed by atoms with Crippen molar-refractivity contribution in [3.05, 3.63) is 41.7 Å². The Bertz CT molecular complexity index is 1180. The molecule has 38 heavy (non-hydrogen) atoms. The van der Waals surface area contributed by atoms with Gasteiger partial charge in [-0.1, -0.05) is 0 Å². The number of nitriles is 1. The first-order valence-corrected chi connectivity index (χ1v) is 13.3. The number of anilines is 2. The molecular formula is C27H37N7O3S. The zero-order valence-corrected chi connectivity index (χ0v) is 23.8. The monoisotopic (exact) mass is 539 g/mol. The van der Waals surface area contributed by atoms with E-state index < -0.39 is 11.1 Å². The third kappa shape index (κ3) is 7.30. The first-order chi connectivity index (χ1) is 18.0. The molecule has 204 valence electrons. The van der Waals surface area contributed by atoms with Gasteiger partial charge in [0, 0.05) is 35.4 Å². The Kier molecular flexibility index (Phi) is 9.46. The molecule has 0 aliphatic carbocycles. The minimum Gasteiger partial charge on any atom is -0.444 e. The maximum Gasteiger partial charge on any atom is 0.410 e. The topological polar surface area (TPSA) is 116 Å². The number of benzene rings is 1. The van der Waals surface area contributed by atoms with E-state index in [4.69, 9.17) is 9.84 Å². The standard InChI is InChI=1S/C27H37N7O3S/c1-20-23(11-16-29-19-35)34(31-24(20)30-21-7-9-22(10-8-21)38-32(5)6)27(12-15-28)13-17-33(18-14-27)25(36)37-26(2,3)4/h7-11,16,19H,12-14,17-18H2,1-6H3,(H,29,35)(H,30,31)/b16-11-.